The van der Waals surface area contributed by atoms with Crippen molar-refractivity contribution >= 4 is 5.97 Å². The van der Waals surface area contributed by atoms with E-state index in [0.29, 0.717) is 30.3 Å². The molecule has 32 heavy (non-hydrogen) atoms. The summed E-state index contributed by atoms with van der Waals surface area (Å²) in [5, 5.41) is 12.3. The van der Waals surface area contributed by atoms with Crippen LogP contribution in [-0.2, 0) is 19.0 Å². The Bertz CT molecular complexity index is 804. The van der Waals surface area contributed by atoms with Crippen LogP contribution in [0.1, 0.15) is 78.6 Å². The minimum atomic E-state index is -0.580. The molecule has 0 spiro atoms. The van der Waals surface area contributed by atoms with Crippen molar-refractivity contribution in [1.29, 1.82) is 0 Å². The minimum absolute atomic E-state index is 0.0709. The summed E-state index contributed by atoms with van der Waals surface area (Å²) in [5.74, 6) is 1.70. The monoisotopic (exact) mass is 444 g/mol. The molecule has 0 aromatic rings. The SMILES string of the molecule is CC(=O)OCO[C@H]1CC[C@@]2(C)[C@H](CC[C@@H]3[C@@H]2CC[C@]2(C)[C@@H](C4=COCC=C4)CC[C@]32O)C1. The van der Waals surface area contributed by atoms with Crippen LogP contribution in [0.4, 0.5) is 0 Å². The molecule has 5 rings (SSSR count). The van der Waals surface area contributed by atoms with Crippen molar-refractivity contribution in [3.63, 3.8) is 0 Å². The molecule has 0 saturated heterocycles. The molecule has 0 radical (unpaired) electrons. The molecule has 4 aliphatic carbocycles. The number of allylic oxidation sites excluding steroid dienone is 2. The Morgan fingerprint density at radius 1 is 1.12 bits per heavy atom. The fraction of sp³-hybridized carbons (Fsp3) is 0.815. The smallest absolute Gasteiger partial charge is 0.304 e. The highest BCUT2D eigenvalue weighted by Gasteiger charge is 2.67. The number of aliphatic hydroxyl groups is 1. The van der Waals surface area contributed by atoms with Gasteiger partial charge in [0.05, 0.1) is 18.0 Å². The fourth-order valence-electron chi connectivity index (χ4n) is 8.71. The molecule has 1 N–H and O–H groups in total. The summed E-state index contributed by atoms with van der Waals surface area (Å²) >= 11 is 0. The van der Waals surface area contributed by atoms with E-state index in [2.05, 4.69) is 26.0 Å². The van der Waals surface area contributed by atoms with Crippen LogP contribution in [0.3, 0.4) is 0 Å². The summed E-state index contributed by atoms with van der Waals surface area (Å²) in [5.41, 5.74) is 0.896. The molecule has 0 aromatic carbocycles. The Balaban J connectivity index is 1.32. The lowest BCUT2D eigenvalue weighted by molar-refractivity contribution is -0.213. The Hall–Kier alpha value is -1.33. The Labute approximate surface area is 192 Å². The first kappa shape index (κ1) is 22.5. The van der Waals surface area contributed by atoms with Crippen molar-refractivity contribution in [3.8, 4) is 0 Å². The molecule has 0 amide bonds. The second kappa shape index (κ2) is 8.16. The average molecular weight is 445 g/mol. The van der Waals surface area contributed by atoms with Crippen molar-refractivity contribution < 1.29 is 24.1 Å². The number of fused-ring (bicyclic) bond motifs is 5. The van der Waals surface area contributed by atoms with Gasteiger partial charge in [-0.05, 0) is 98.5 Å². The third-order valence-electron chi connectivity index (χ3n) is 10.5. The molecule has 4 saturated carbocycles. The first-order valence-corrected chi connectivity index (χ1v) is 12.7. The van der Waals surface area contributed by atoms with Crippen LogP contribution in [0.5, 0.6) is 0 Å². The van der Waals surface area contributed by atoms with Gasteiger partial charge in [0.15, 0.2) is 6.79 Å². The number of hydrogen-bond acceptors (Lipinski definition) is 5. The van der Waals surface area contributed by atoms with E-state index >= 15 is 0 Å². The number of carbonyl (C=O) groups is 1. The number of hydrogen-bond donors (Lipinski definition) is 1. The second-order valence-electron chi connectivity index (χ2n) is 11.6. The first-order valence-electron chi connectivity index (χ1n) is 12.7. The highest BCUT2D eigenvalue weighted by Crippen LogP contribution is 2.70. The van der Waals surface area contributed by atoms with E-state index in [4.69, 9.17) is 14.2 Å². The van der Waals surface area contributed by atoms with Gasteiger partial charge in [0.25, 0.3) is 0 Å². The maximum atomic E-state index is 12.3. The predicted octanol–water partition coefficient (Wildman–Crippen LogP) is 5.14. The molecular formula is C27H40O5. The van der Waals surface area contributed by atoms with E-state index in [1.807, 2.05) is 6.26 Å². The lowest BCUT2D eigenvalue weighted by Gasteiger charge is -2.63. The van der Waals surface area contributed by atoms with Crippen molar-refractivity contribution in [3.05, 3.63) is 24.0 Å². The number of carbonyl (C=O) groups excluding carboxylic acids is 1. The zero-order valence-corrected chi connectivity index (χ0v) is 20.0. The van der Waals surface area contributed by atoms with Crippen molar-refractivity contribution in [2.24, 2.45) is 34.5 Å². The maximum Gasteiger partial charge on any atom is 0.304 e. The summed E-state index contributed by atoms with van der Waals surface area (Å²) in [7, 11) is 0. The summed E-state index contributed by atoms with van der Waals surface area (Å²) < 4.78 is 16.5. The van der Waals surface area contributed by atoms with Gasteiger partial charge in [0.1, 0.15) is 6.61 Å². The van der Waals surface area contributed by atoms with Crippen molar-refractivity contribution in [1.82, 2.24) is 0 Å². The highest BCUT2D eigenvalue weighted by atomic mass is 16.7. The standard InChI is InChI=1S/C27H40O5/c1-18(28)31-17-32-21-8-11-25(2)20(15-21)6-7-24-23(25)9-12-26(3)22(10-13-27(24,26)29)19-5-4-14-30-16-19/h4-5,16,20-24,29H,6-15,17H2,1-3H3/t20-,21+,22-,23+,24-,25+,26-,27+/m1/s1. The van der Waals surface area contributed by atoms with Gasteiger partial charge in [0, 0.05) is 12.3 Å². The molecule has 178 valence electrons. The van der Waals surface area contributed by atoms with Gasteiger partial charge in [-0.3, -0.25) is 4.79 Å². The van der Waals surface area contributed by atoms with E-state index in [0.717, 1.165) is 44.9 Å². The van der Waals surface area contributed by atoms with Crippen LogP contribution >= 0.6 is 0 Å². The number of esters is 1. The summed E-state index contributed by atoms with van der Waals surface area (Å²) in [6.07, 6.45) is 16.2. The molecule has 0 unspecified atom stereocenters. The Kier molecular flexibility index (Phi) is 5.73. The van der Waals surface area contributed by atoms with Crippen LogP contribution in [-0.4, -0.2) is 36.2 Å². The lowest BCUT2D eigenvalue weighted by atomic mass is 9.43. The zero-order valence-electron chi connectivity index (χ0n) is 20.0. The Morgan fingerprint density at radius 3 is 2.72 bits per heavy atom. The summed E-state index contributed by atoms with van der Waals surface area (Å²) in [6.45, 7) is 7.01. The van der Waals surface area contributed by atoms with Gasteiger partial charge in [-0.2, -0.15) is 0 Å². The van der Waals surface area contributed by atoms with Crippen LogP contribution in [0.15, 0.2) is 24.0 Å². The predicted molar refractivity (Wildman–Crippen MR) is 121 cm³/mol. The molecule has 1 heterocycles. The Morgan fingerprint density at radius 2 is 1.97 bits per heavy atom. The van der Waals surface area contributed by atoms with Crippen molar-refractivity contribution in [2.45, 2.75) is 90.3 Å². The molecule has 5 aliphatic rings. The van der Waals surface area contributed by atoms with Crippen LogP contribution in [0, 0.1) is 34.5 Å². The molecule has 0 bridgehead atoms. The van der Waals surface area contributed by atoms with Gasteiger partial charge in [0.2, 0.25) is 0 Å². The zero-order chi connectivity index (χ0) is 22.6. The van der Waals surface area contributed by atoms with Crippen LogP contribution in [0.2, 0.25) is 0 Å². The normalized spacial score (nSPS) is 47.5. The van der Waals surface area contributed by atoms with E-state index in [9.17, 15) is 9.90 Å². The van der Waals surface area contributed by atoms with E-state index < -0.39 is 5.60 Å². The van der Waals surface area contributed by atoms with Gasteiger partial charge in [-0.15, -0.1) is 0 Å². The van der Waals surface area contributed by atoms with Gasteiger partial charge >= 0.3 is 5.97 Å². The highest BCUT2D eigenvalue weighted by molar-refractivity contribution is 5.65. The molecule has 5 heteroatoms. The van der Waals surface area contributed by atoms with E-state index in [1.54, 1.807) is 0 Å². The third kappa shape index (κ3) is 3.37. The largest absolute Gasteiger partial charge is 0.497 e. The molecule has 0 aromatic heterocycles. The van der Waals surface area contributed by atoms with E-state index in [1.165, 1.54) is 25.3 Å². The van der Waals surface area contributed by atoms with Crippen molar-refractivity contribution in [2.75, 3.05) is 13.4 Å². The van der Waals surface area contributed by atoms with Crippen LogP contribution < -0.4 is 0 Å². The molecule has 1 aliphatic heterocycles. The minimum Gasteiger partial charge on any atom is -0.497 e. The summed E-state index contributed by atoms with van der Waals surface area (Å²) in [4.78, 5) is 11.1. The lowest BCUT2D eigenvalue weighted by Crippen LogP contribution is -2.62. The van der Waals surface area contributed by atoms with Gasteiger partial charge in [-0.25, -0.2) is 0 Å². The topological polar surface area (TPSA) is 65.0 Å². The number of ether oxygens (including phenoxy) is 3. The quantitative estimate of drug-likeness (QED) is 0.481. The molecule has 5 nitrogen and oxygen atoms in total. The average Bonchev–Trinajstić information content (AvgIpc) is 3.05. The second-order valence-corrected chi connectivity index (χ2v) is 11.6. The molecular weight excluding hydrogens is 404 g/mol. The fourth-order valence-corrected chi connectivity index (χ4v) is 8.71. The molecule has 8 atom stereocenters. The third-order valence-corrected chi connectivity index (χ3v) is 10.5. The van der Waals surface area contributed by atoms with Crippen LogP contribution in [0.25, 0.3) is 0 Å². The molecule has 4 fully saturated rings. The summed E-state index contributed by atoms with van der Waals surface area (Å²) in [6, 6.07) is 0. The number of rotatable bonds is 4. The van der Waals surface area contributed by atoms with Gasteiger partial charge in [-0.1, -0.05) is 19.9 Å². The maximum absolute atomic E-state index is 12.3. The van der Waals surface area contributed by atoms with E-state index in [-0.39, 0.29) is 29.7 Å². The first-order chi connectivity index (χ1) is 15.3. The van der Waals surface area contributed by atoms with Gasteiger partial charge < -0.3 is 19.3 Å².